The number of nitro benzene ring substituents is 1. The number of hydrogen-bond donors (Lipinski definition) is 1. The first-order valence-corrected chi connectivity index (χ1v) is 9.77. The minimum Gasteiger partial charge on any atom is -0.468 e. The van der Waals surface area contributed by atoms with Crippen LogP contribution in [0.15, 0.2) is 39.9 Å². The fraction of sp³-hybridized carbons (Fsp3) is 0.450. The van der Waals surface area contributed by atoms with E-state index in [0.717, 1.165) is 23.0 Å². The number of carbonyl (C=O) groups is 1. The molecule has 1 heterocycles. The first-order valence-electron chi connectivity index (χ1n) is 9.77. The van der Waals surface area contributed by atoms with Crippen molar-refractivity contribution in [1.29, 1.82) is 0 Å². The molecule has 0 saturated carbocycles. The number of anilines is 1. The van der Waals surface area contributed by atoms with Gasteiger partial charge in [-0.1, -0.05) is 12.1 Å². The monoisotopic (exact) mass is 433 g/mol. The van der Waals surface area contributed by atoms with Crippen molar-refractivity contribution in [3.63, 3.8) is 0 Å². The fourth-order valence-corrected chi connectivity index (χ4v) is 3.06. The van der Waals surface area contributed by atoms with Crippen molar-refractivity contribution in [2.45, 2.75) is 12.8 Å². The number of hydrogen-bond acceptors (Lipinski definition) is 8. The van der Waals surface area contributed by atoms with Gasteiger partial charge in [-0.2, -0.15) is 0 Å². The molecule has 1 aromatic carbocycles. The lowest BCUT2D eigenvalue weighted by atomic mass is 10.1. The van der Waals surface area contributed by atoms with Crippen LogP contribution in [0.25, 0.3) is 0 Å². The number of rotatable bonds is 11. The predicted octanol–water partition coefficient (Wildman–Crippen LogP) is 0.194. The molecule has 0 bridgehead atoms. The van der Waals surface area contributed by atoms with Crippen molar-refractivity contribution >= 4 is 17.5 Å². The maximum Gasteiger partial charge on any atom is 0.332 e. The Labute approximate surface area is 179 Å². The molecule has 0 amide bonds. The predicted molar refractivity (Wildman–Crippen MR) is 115 cm³/mol. The number of aryl methyl sites for hydroxylation is 1. The summed E-state index contributed by atoms with van der Waals surface area (Å²) in [5.41, 5.74) is 0.144. The van der Waals surface area contributed by atoms with Crippen LogP contribution < -0.4 is 21.5 Å². The van der Waals surface area contributed by atoms with Crippen LogP contribution >= 0.6 is 0 Å². The molecular weight excluding hydrogens is 406 g/mol. The highest BCUT2D eigenvalue weighted by Crippen LogP contribution is 2.13. The van der Waals surface area contributed by atoms with Gasteiger partial charge in [0, 0.05) is 45.4 Å². The molecule has 0 aliphatic rings. The number of benzene rings is 1. The minimum atomic E-state index is -0.480. The van der Waals surface area contributed by atoms with E-state index in [1.54, 1.807) is 24.1 Å². The van der Waals surface area contributed by atoms with E-state index in [9.17, 15) is 24.5 Å². The SMILES string of the molecule is COC(=O)CN(CCNCCCc1ccc([N+](=O)[O-])cc1)c1cc(=O)n(C)c(=O)n1C. The van der Waals surface area contributed by atoms with Gasteiger partial charge in [0.15, 0.2) is 0 Å². The van der Waals surface area contributed by atoms with E-state index in [0.29, 0.717) is 25.5 Å². The lowest BCUT2D eigenvalue weighted by molar-refractivity contribution is -0.384. The van der Waals surface area contributed by atoms with Crippen LogP contribution in [0.2, 0.25) is 0 Å². The van der Waals surface area contributed by atoms with Gasteiger partial charge in [-0.05, 0) is 24.9 Å². The third kappa shape index (κ3) is 6.51. The fourth-order valence-electron chi connectivity index (χ4n) is 3.06. The molecule has 0 fully saturated rings. The van der Waals surface area contributed by atoms with Crippen molar-refractivity contribution in [2.75, 3.05) is 38.2 Å². The van der Waals surface area contributed by atoms with Crippen molar-refractivity contribution in [3.05, 3.63) is 66.8 Å². The second-order valence-corrected chi connectivity index (χ2v) is 7.02. The van der Waals surface area contributed by atoms with Gasteiger partial charge in [-0.25, -0.2) is 4.79 Å². The van der Waals surface area contributed by atoms with E-state index in [1.807, 2.05) is 0 Å². The Balaban J connectivity index is 1.91. The zero-order valence-corrected chi connectivity index (χ0v) is 17.9. The topological polar surface area (TPSA) is 129 Å². The largest absolute Gasteiger partial charge is 0.468 e. The van der Waals surface area contributed by atoms with Crippen molar-refractivity contribution in [2.24, 2.45) is 14.1 Å². The maximum absolute atomic E-state index is 12.2. The number of ether oxygens (including phenoxy) is 1. The van der Waals surface area contributed by atoms with Gasteiger partial charge in [0.05, 0.1) is 12.0 Å². The van der Waals surface area contributed by atoms with Gasteiger partial charge in [0.1, 0.15) is 12.4 Å². The zero-order valence-electron chi connectivity index (χ0n) is 17.9. The summed E-state index contributed by atoms with van der Waals surface area (Å²) in [6.45, 7) is 1.49. The molecule has 0 aliphatic carbocycles. The van der Waals surface area contributed by atoms with Gasteiger partial charge in [-0.3, -0.25) is 28.8 Å². The molecular formula is C20H27N5O6. The summed E-state index contributed by atoms with van der Waals surface area (Å²) < 4.78 is 7.04. The molecule has 0 unspecified atom stereocenters. The molecule has 31 heavy (non-hydrogen) atoms. The van der Waals surface area contributed by atoms with E-state index in [1.165, 1.54) is 36.9 Å². The van der Waals surface area contributed by atoms with Gasteiger partial charge in [-0.15, -0.1) is 0 Å². The zero-order chi connectivity index (χ0) is 23.0. The quantitative estimate of drug-likeness (QED) is 0.230. The summed E-state index contributed by atoms with van der Waals surface area (Å²) in [7, 11) is 4.21. The van der Waals surface area contributed by atoms with E-state index >= 15 is 0 Å². The number of nitrogens with zero attached hydrogens (tertiary/aromatic N) is 4. The average molecular weight is 433 g/mol. The standard InChI is InChI=1S/C20H27N5O6/c1-22-17(13-18(26)23(2)20(22)28)24(14-19(27)31-3)12-11-21-10-4-5-15-6-8-16(9-7-15)25(29)30/h6-9,13,21H,4-5,10-12,14H2,1-3H3. The molecule has 0 atom stereocenters. The molecule has 0 aliphatic heterocycles. The lowest BCUT2D eigenvalue weighted by Gasteiger charge is -2.25. The summed E-state index contributed by atoms with van der Waals surface area (Å²) >= 11 is 0. The Bertz CT molecular complexity index is 1030. The normalized spacial score (nSPS) is 10.7. The van der Waals surface area contributed by atoms with Crippen molar-refractivity contribution in [1.82, 2.24) is 14.5 Å². The number of methoxy groups -OCH3 is 1. The highest BCUT2D eigenvalue weighted by molar-refractivity contribution is 5.75. The summed E-state index contributed by atoms with van der Waals surface area (Å²) in [6, 6.07) is 7.78. The molecule has 2 aromatic rings. The van der Waals surface area contributed by atoms with Crippen LogP contribution in [0.4, 0.5) is 11.5 Å². The molecule has 0 radical (unpaired) electrons. The van der Waals surface area contributed by atoms with E-state index in [-0.39, 0.29) is 12.2 Å². The number of nitrogens with one attached hydrogen (secondary N) is 1. The molecule has 0 saturated heterocycles. The van der Waals surface area contributed by atoms with Crippen LogP contribution in [0.5, 0.6) is 0 Å². The smallest absolute Gasteiger partial charge is 0.332 e. The van der Waals surface area contributed by atoms with Gasteiger partial charge in [0.2, 0.25) is 0 Å². The number of aromatic nitrogens is 2. The van der Waals surface area contributed by atoms with Crippen LogP contribution in [0.3, 0.4) is 0 Å². The van der Waals surface area contributed by atoms with Gasteiger partial charge >= 0.3 is 11.7 Å². The Hall–Kier alpha value is -3.47. The molecule has 1 aromatic heterocycles. The molecule has 0 spiro atoms. The third-order valence-electron chi connectivity index (χ3n) is 4.90. The Morgan fingerprint density at radius 2 is 1.84 bits per heavy atom. The number of non-ortho nitro benzene ring substituents is 1. The lowest BCUT2D eigenvalue weighted by Crippen LogP contribution is -2.43. The Morgan fingerprint density at radius 3 is 2.45 bits per heavy atom. The van der Waals surface area contributed by atoms with Crippen LogP contribution in [0, 0.1) is 10.1 Å². The van der Waals surface area contributed by atoms with Crippen LogP contribution in [-0.2, 0) is 30.0 Å². The van der Waals surface area contributed by atoms with Gasteiger partial charge in [0.25, 0.3) is 11.2 Å². The van der Waals surface area contributed by atoms with Gasteiger partial charge < -0.3 is 15.0 Å². The first kappa shape index (κ1) is 23.8. The third-order valence-corrected chi connectivity index (χ3v) is 4.90. The van der Waals surface area contributed by atoms with E-state index in [4.69, 9.17) is 4.74 Å². The van der Waals surface area contributed by atoms with Crippen molar-refractivity contribution in [3.8, 4) is 0 Å². The second kappa shape index (κ2) is 11.1. The van der Waals surface area contributed by atoms with Crippen LogP contribution in [0.1, 0.15) is 12.0 Å². The molecule has 168 valence electrons. The highest BCUT2D eigenvalue weighted by Gasteiger charge is 2.16. The first-order chi connectivity index (χ1) is 14.7. The van der Waals surface area contributed by atoms with Crippen molar-refractivity contribution < 1.29 is 14.5 Å². The summed E-state index contributed by atoms with van der Waals surface area (Å²) in [4.78, 5) is 47.9. The number of carbonyl (C=O) groups excluding carboxylic acids is 1. The minimum absolute atomic E-state index is 0.0673. The maximum atomic E-state index is 12.2. The molecule has 2 rings (SSSR count). The summed E-state index contributed by atoms with van der Waals surface area (Å²) in [5.74, 6) is -0.141. The van der Waals surface area contributed by atoms with Crippen LogP contribution in [-0.4, -0.2) is 53.3 Å². The number of esters is 1. The Morgan fingerprint density at radius 1 is 1.16 bits per heavy atom. The molecule has 11 heteroatoms. The van der Waals surface area contributed by atoms with E-state index < -0.39 is 22.1 Å². The average Bonchev–Trinajstić information content (AvgIpc) is 2.76. The molecule has 11 nitrogen and oxygen atoms in total. The molecule has 1 N–H and O–H groups in total. The highest BCUT2D eigenvalue weighted by atomic mass is 16.6. The summed E-state index contributed by atoms with van der Waals surface area (Å²) in [6.07, 6.45) is 1.58. The second-order valence-electron chi connectivity index (χ2n) is 7.02. The van der Waals surface area contributed by atoms with E-state index in [2.05, 4.69) is 5.32 Å². The summed E-state index contributed by atoms with van der Waals surface area (Å²) in [5, 5.41) is 14.0. The number of nitro groups is 1. The Kier molecular flexibility index (Phi) is 8.50.